The lowest BCUT2D eigenvalue weighted by Crippen LogP contribution is -2.44. The van der Waals surface area contributed by atoms with Crippen molar-refractivity contribution in [3.8, 4) is 5.75 Å². The number of nitrogens with one attached hydrogen (secondary N) is 1. The van der Waals surface area contributed by atoms with Crippen LogP contribution in [0, 0.1) is 11.7 Å². The van der Waals surface area contributed by atoms with Gasteiger partial charge in [0.1, 0.15) is 17.7 Å². The summed E-state index contributed by atoms with van der Waals surface area (Å²) >= 11 is 0. The largest absolute Gasteiger partial charge is 0.490 e. The van der Waals surface area contributed by atoms with Crippen LogP contribution in [0.5, 0.6) is 5.75 Å². The molecule has 2 heterocycles. The smallest absolute Gasteiger partial charge is 0.123 e. The summed E-state index contributed by atoms with van der Waals surface area (Å²) < 4.78 is 24.9. The molecule has 1 saturated heterocycles. The molecule has 0 amide bonds. The van der Waals surface area contributed by atoms with Crippen LogP contribution in [0.2, 0.25) is 0 Å². The second kappa shape index (κ2) is 6.75. The zero-order valence-electron chi connectivity index (χ0n) is 12.6. The van der Waals surface area contributed by atoms with E-state index in [9.17, 15) is 4.39 Å². The van der Waals surface area contributed by atoms with E-state index < -0.39 is 0 Å². The third-order valence-electron chi connectivity index (χ3n) is 4.46. The molecule has 0 saturated carbocycles. The number of halogens is 1. The molecule has 0 bridgehead atoms. The molecule has 0 aromatic heterocycles. The summed E-state index contributed by atoms with van der Waals surface area (Å²) in [6.07, 6.45) is 4.15. The predicted molar refractivity (Wildman–Crippen MR) is 80.1 cm³/mol. The van der Waals surface area contributed by atoms with Gasteiger partial charge < -0.3 is 14.8 Å². The van der Waals surface area contributed by atoms with Crippen LogP contribution in [0.4, 0.5) is 4.39 Å². The van der Waals surface area contributed by atoms with Crippen LogP contribution in [0.3, 0.4) is 0 Å². The number of ether oxygens (including phenoxy) is 2. The lowest BCUT2D eigenvalue weighted by Gasteiger charge is -2.33. The summed E-state index contributed by atoms with van der Waals surface area (Å²) in [5, 5.41) is 3.63. The molecule has 0 spiro atoms. The van der Waals surface area contributed by atoms with Crippen molar-refractivity contribution >= 4 is 0 Å². The Bertz CT molecular complexity index is 480. The number of rotatable bonds is 5. The van der Waals surface area contributed by atoms with E-state index in [1.54, 1.807) is 12.1 Å². The van der Waals surface area contributed by atoms with Crippen LogP contribution in [0.15, 0.2) is 18.2 Å². The van der Waals surface area contributed by atoms with Gasteiger partial charge in [0.2, 0.25) is 0 Å². The molecule has 3 rings (SSSR count). The minimum absolute atomic E-state index is 0.152. The van der Waals surface area contributed by atoms with Gasteiger partial charge in [0.15, 0.2) is 0 Å². The number of hydrogen-bond donors (Lipinski definition) is 1. The Morgan fingerprint density at radius 3 is 3.14 bits per heavy atom. The highest BCUT2D eigenvalue weighted by Gasteiger charge is 2.31. The molecule has 116 valence electrons. The number of hydrogen-bond acceptors (Lipinski definition) is 3. The molecule has 1 N–H and O–H groups in total. The first-order valence-corrected chi connectivity index (χ1v) is 8.02. The Labute approximate surface area is 125 Å². The van der Waals surface area contributed by atoms with Gasteiger partial charge in [-0.3, -0.25) is 0 Å². The Balaban J connectivity index is 1.58. The molecule has 2 aliphatic rings. The average Bonchev–Trinajstić information content (AvgIpc) is 2.87. The van der Waals surface area contributed by atoms with Crippen molar-refractivity contribution < 1.29 is 13.9 Å². The van der Waals surface area contributed by atoms with Gasteiger partial charge >= 0.3 is 0 Å². The van der Waals surface area contributed by atoms with E-state index in [0.717, 1.165) is 56.8 Å². The minimum Gasteiger partial charge on any atom is -0.490 e. The van der Waals surface area contributed by atoms with Crippen molar-refractivity contribution in [2.45, 2.75) is 44.8 Å². The molecule has 1 aromatic rings. The van der Waals surface area contributed by atoms with Crippen LogP contribution in [-0.4, -0.2) is 31.9 Å². The summed E-state index contributed by atoms with van der Waals surface area (Å²) in [4.78, 5) is 0. The van der Waals surface area contributed by atoms with Crippen LogP contribution in [-0.2, 0) is 11.2 Å². The Hall–Kier alpha value is -1.13. The highest BCUT2D eigenvalue weighted by atomic mass is 19.1. The SMILES string of the molecule is CCCNC1CCOCC1CC1Cc2cc(F)ccc2O1. The second-order valence-corrected chi connectivity index (χ2v) is 6.12. The summed E-state index contributed by atoms with van der Waals surface area (Å²) in [6.45, 7) is 4.88. The average molecular weight is 293 g/mol. The van der Waals surface area contributed by atoms with Gasteiger partial charge in [-0.15, -0.1) is 0 Å². The molecule has 21 heavy (non-hydrogen) atoms. The van der Waals surface area contributed by atoms with Crippen molar-refractivity contribution in [3.05, 3.63) is 29.6 Å². The number of fused-ring (bicyclic) bond motifs is 1. The topological polar surface area (TPSA) is 30.5 Å². The molecule has 3 nitrogen and oxygen atoms in total. The molecule has 1 aromatic carbocycles. The fourth-order valence-electron chi connectivity index (χ4n) is 3.39. The zero-order chi connectivity index (χ0) is 14.7. The van der Waals surface area contributed by atoms with Gasteiger partial charge in [-0.05, 0) is 44.0 Å². The predicted octanol–water partition coefficient (Wildman–Crippen LogP) is 2.92. The van der Waals surface area contributed by atoms with E-state index in [4.69, 9.17) is 9.47 Å². The molecule has 4 heteroatoms. The van der Waals surface area contributed by atoms with E-state index in [1.807, 2.05) is 0 Å². The quantitative estimate of drug-likeness (QED) is 0.905. The van der Waals surface area contributed by atoms with Gasteiger partial charge in [-0.2, -0.15) is 0 Å². The highest BCUT2D eigenvalue weighted by molar-refractivity contribution is 5.37. The van der Waals surface area contributed by atoms with Gasteiger partial charge in [-0.1, -0.05) is 6.92 Å². The van der Waals surface area contributed by atoms with Gasteiger partial charge in [0.05, 0.1) is 6.61 Å². The van der Waals surface area contributed by atoms with Crippen molar-refractivity contribution in [2.24, 2.45) is 5.92 Å². The Kier molecular flexibility index (Phi) is 4.76. The van der Waals surface area contributed by atoms with Crippen molar-refractivity contribution in [1.29, 1.82) is 0 Å². The Morgan fingerprint density at radius 2 is 2.29 bits per heavy atom. The second-order valence-electron chi connectivity index (χ2n) is 6.12. The van der Waals surface area contributed by atoms with Crippen molar-refractivity contribution in [2.75, 3.05) is 19.8 Å². The van der Waals surface area contributed by atoms with Gasteiger partial charge in [0.25, 0.3) is 0 Å². The fourth-order valence-corrected chi connectivity index (χ4v) is 3.39. The van der Waals surface area contributed by atoms with Crippen LogP contribution >= 0.6 is 0 Å². The van der Waals surface area contributed by atoms with E-state index in [-0.39, 0.29) is 11.9 Å². The van der Waals surface area contributed by atoms with Crippen LogP contribution in [0.1, 0.15) is 31.7 Å². The molecule has 2 aliphatic heterocycles. The van der Waals surface area contributed by atoms with Crippen LogP contribution < -0.4 is 10.1 Å². The van der Waals surface area contributed by atoms with E-state index in [1.165, 1.54) is 6.07 Å². The molecule has 3 atom stereocenters. The summed E-state index contributed by atoms with van der Waals surface area (Å²) in [6, 6.07) is 5.33. The van der Waals surface area contributed by atoms with Gasteiger partial charge in [0, 0.05) is 30.6 Å². The molecule has 0 radical (unpaired) electrons. The zero-order valence-corrected chi connectivity index (χ0v) is 12.6. The van der Waals surface area contributed by atoms with Crippen LogP contribution in [0.25, 0.3) is 0 Å². The fraction of sp³-hybridized carbons (Fsp3) is 0.647. The minimum atomic E-state index is -0.179. The highest BCUT2D eigenvalue weighted by Crippen LogP contribution is 2.33. The lowest BCUT2D eigenvalue weighted by atomic mass is 9.89. The third kappa shape index (κ3) is 3.55. The first-order chi connectivity index (χ1) is 10.3. The Morgan fingerprint density at radius 1 is 1.38 bits per heavy atom. The van der Waals surface area contributed by atoms with E-state index in [0.29, 0.717) is 12.0 Å². The van der Waals surface area contributed by atoms with Crippen molar-refractivity contribution in [1.82, 2.24) is 5.32 Å². The monoisotopic (exact) mass is 293 g/mol. The molecule has 0 aliphatic carbocycles. The molecule has 3 unspecified atom stereocenters. The van der Waals surface area contributed by atoms with Gasteiger partial charge in [-0.25, -0.2) is 4.39 Å². The van der Waals surface area contributed by atoms with Crippen molar-refractivity contribution in [3.63, 3.8) is 0 Å². The first kappa shape index (κ1) is 14.8. The molecule has 1 fully saturated rings. The third-order valence-corrected chi connectivity index (χ3v) is 4.46. The summed E-state index contributed by atoms with van der Waals surface area (Å²) in [7, 11) is 0. The summed E-state index contributed by atoms with van der Waals surface area (Å²) in [5.41, 5.74) is 0.995. The molecular weight excluding hydrogens is 269 g/mol. The summed E-state index contributed by atoms with van der Waals surface area (Å²) in [5.74, 6) is 1.15. The lowest BCUT2D eigenvalue weighted by molar-refractivity contribution is 0.0152. The maximum Gasteiger partial charge on any atom is 0.123 e. The normalized spacial score (nSPS) is 28.2. The molecular formula is C17H24FNO2. The number of benzene rings is 1. The van der Waals surface area contributed by atoms with E-state index >= 15 is 0 Å². The maximum absolute atomic E-state index is 13.3. The maximum atomic E-state index is 13.3. The first-order valence-electron chi connectivity index (χ1n) is 8.02. The van der Waals surface area contributed by atoms with E-state index in [2.05, 4.69) is 12.2 Å². The standard InChI is InChI=1S/C17H24FNO2/c1-2-6-19-16-5-7-20-11-13(16)10-15-9-12-8-14(18)3-4-17(12)21-15/h3-4,8,13,15-16,19H,2,5-7,9-11H2,1H3.